The van der Waals surface area contributed by atoms with E-state index >= 15 is 0 Å². The van der Waals surface area contributed by atoms with Crippen LogP contribution in [0.25, 0.3) is 0 Å². The molecule has 0 spiro atoms. The maximum absolute atomic E-state index is 13.7. The lowest BCUT2D eigenvalue weighted by Gasteiger charge is -2.22. The van der Waals surface area contributed by atoms with Crippen LogP contribution in [-0.4, -0.2) is 17.7 Å². The highest BCUT2D eigenvalue weighted by Gasteiger charge is 2.20. The maximum atomic E-state index is 13.7. The Bertz CT molecular complexity index is 448. The highest BCUT2D eigenvalue weighted by Crippen LogP contribution is 2.46. The smallest absolute Gasteiger partial charge is 0.128 e. The molecule has 0 unspecified atom stereocenters. The summed E-state index contributed by atoms with van der Waals surface area (Å²) in [5.41, 5.74) is 1.60. The summed E-state index contributed by atoms with van der Waals surface area (Å²) in [6, 6.07) is 3.24. The summed E-state index contributed by atoms with van der Waals surface area (Å²) < 4.78 is 14.0. The predicted molar refractivity (Wildman–Crippen MR) is 80.1 cm³/mol. The number of halogens is 2. The van der Waals surface area contributed by atoms with E-state index < -0.39 is 0 Å². The van der Waals surface area contributed by atoms with Crippen molar-refractivity contribution in [3.8, 4) is 0 Å². The van der Waals surface area contributed by atoms with Crippen molar-refractivity contribution in [2.24, 2.45) is 10.9 Å². The minimum atomic E-state index is -0.297. The molecule has 0 radical (unpaired) electrons. The fourth-order valence-electron chi connectivity index (χ4n) is 1.77. The molecule has 1 aliphatic heterocycles. The van der Waals surface area contributed by atoms with Crippen LogP contribution < -0.4 is 5.84 Å². The average molecular weight is 305 g/mol. The van der Waals surface area contributed by atoms with E-state index in [1.165, 1.54) is 18.7 Å². The van der Waals surface area contributed by atoms with Crippen molar-refractivity contribution in [1.82, 2.24) is 0 Å². The van der Waals surface area contributed by atoms with Gasteiger partial charge in [-0.2, -0.15) is 5.10 Å². The van der Waals surface area contributed by atoms with Crippen LogP contribution in [-0.2, 0) is 6.42 Å². The van der Waals surface area contributed by atoms with Gasteiger partial charge in [0.2, 0.25) is 0 Å². The molecule has 1 fully saturated rings. The summed E-state index contributed by atoms with van der Waals surface area (Å²) in [6.45, 7) is 0. The second-order valence-electron chi connectivity index (χ2n) is 3.93. The van der Waals surface area contributed by atoms with E-state index in [1.807, 2.05) is 29.6 Å². The molecule has 0 aromatic heterocycles. The fraction of sp³-hybridized carbons (Fsp3) is 0.417. The minimum absolute atomic E-state index is 0.297. The molecule has 2 rings (SSSR count). The summed E-state index contributed by atoms with van der Waals surface area (Å²) in [5.74, 6) is 7.01. The lowest BCUT2D eigenvalue weighted by Crippen LogP contribution is -2.03. The van der Waals surface area contributed by atoms with Crippen molar-refractivity contribution in [1.29, 1.82) is 0 Å². The third-order valence-corrected chi connectivity index (χ3v) is 5.97. The Balaban J connectivity index is 2.28. The number of rotatable bonds is 3. The first-order chi connectivity index (χ1) is 8.72. The van der Waals surface area contributed by atoms with Gasteiger partial charge in [0, 0.05) is 17.7 Å². The highest BCUT2D eigenvalue weighted by atomic mass is 35.5. The minimum Gasteiger partial charge on any atom is -0.324 e. The molecule has 0 saturated carbocycles. The number of nitrogens with two attached hydrogens (primary N) is 1. The molecular formula is C12H14ClFN2S2. The molecule has 18 heavy (non-hydrogen) atoms. The van der Waals surface area contributed by atoms with Crippen molar-refractivity contribution in [3.05, 3.63) is 34.1 Å². The molecule has 2 N–H and O–H groups in total. The first-order valence-electron chi connectivity index (χ1n) is 5.65. The Kier molecular flexibility index (Phi) is 5.21. The van der Waals surface area contributed by atoms with Gasteiger partial charge in [0.1, 0.15) is 5.82 Å². The van der Waals surface area contributed by atoms with E-state index in [-0.39, 0.29) is 5.82 Å². The van der Waals surface area contributed by atoms with E-state index in [0.29, 0.717) is 21.6 Å². The lowest BCUT2D eigenvalue weighted by atomic mass is 10.1. The van der Waals surface area contributed by atoms with Crippen molar-refractivity contribution in [2.45, 2.75) is 17.4 Å². The van der Waals surface area contributed by atoms with Gasteiger partial charge in [-0.1, -0.05) is 11.6 Å². The Morgan fingerprint density at radius 2 is 2.17 bits per heavy atom. The van der Waals surface area contributed by atoms with Gasteiger partial charge in [0.25, 0.3) is 0 Å². The number of hydrazone groups is 1. The molecule has 0 atom stereocenters. The molecule has 1 aromatic rings. The molecule has 1 aliphatic rings. The summed E-state index contributed by atoms with van der Waals surface area (Å²) in [6.07, 6.45) is 3.11. The summed E-state index contributed by atoms with van der Waals surface area (Å²) in [4.78, 5) is 0. The van der Waals surface area contributed by atoms with Crippen LogP contribution in [0, 0.1) is 5.82 Å². The Morgan fingerprint density at radius 1 is 1.44 bits per heavy atom. The van der Waals surface area contributed by atoms with Gasteiger partial charge in [-0.3, -0.25) is 0 Å². The second kappa shape index (κ2) is 6.68. The molecule has 1 heterocycles. The largest absolute Gasteiger partial charge is 0.324 e. The average Bonchev–Trinajstić information content (AvgIpc) is 2.39. The summed E-state index contributed by atoms with van der Waals surface area (Å²) in [7, 11) is 0. The zero-order valence-corrected chi connectivity index (χ0v) is 12.1. The molecular weight excluding hydrogens is 291 g/mol. The topological polar surface area (TPSA) is 38.4 Å². The van der Waals surface area contributed by atoms with Crippen LogP contribution in [0.4, 0.5) is 4.39 Å². The quantitative estimate of drug-likeness (QED) is 0.524. The summed E-state index contributed by atoms with van der Waals surface area (Å²) in [5, 5.41) is 3.91. The van der Waals surface area contributed by atoms with Crippen LogP contribution in [0.1, 0.15) is 22.1 Å². The Labute approximate surface area is 120 Å². The standard InChI is InChI=1S/C12H14ClFN2S2/c13-10-7-11(14)8(2-3-16-15)6-9(10)12-17-4-1-5-18-12/h3,6-7,12H,1-2,4-5,15H2. The van der Waals surface area contributed by atoms with E-state index in [0.717, 1.165) is 17.1 Å². The van der Waals surface area contributed by atoms with Gasteiger partial charge in [-0.25, -0.2) is 4.39 Å². The van der Waals surface area contributed by atoms with Gasteiger partial charge in [-0.05, 0) is 41.2 Å². The zero-order chi connectivity index (χ0) is 13.0. The van der Waals surface area contributed by atoms with Gasteiger partial charge in [-0.15, -0.1) is 23.5 Å². The first kappa shape index (κ1) is 14.0. The molecule has 0 amide bonds. The SMILES string of the molecule is NN=CCc1cc(C2SCCCS2)c(Cl)cc1F. The van der Waals surface area contributed by atoms with E-state index in [1.54, 1.807) is 0 Å². The Hall–Kier alpha value is -0.390. The summed E-state index contributed by atoms with van der Waals surface area (Å²) >= 11 is 9.88. The number of nitrogens with zero attached hydrogens (tertiary/aromatic N) is 1. The molecule has 1 saturated heterocycles. The molecule has 98 valence electrons. The second-order valence-corrected chi connectivity index (χ2v) is 7.06. The van der Waals surface area contributed by atoms with Crippen molar-refractivity contribution in [2.75, 3.05) is 11.5 Å². The van der Waals surface area contributed by atoms with E-state index in [2.05, 4.69) is 5.10 Å². The molecule has 6 heteroatoms. The highest BCUT2D eigenvalue weighted by molar-refractivity contribution is 8.16. The van der Waals surface area contributed by atoms with Gasteiger partial charge < -0.3 is 5.84 Å². The van der Waals surface area contributed by atoms with E-state index in [9.17, 15) is 4.39 Å². The molecule has 2 nitrogen and oxygen atoms in total. The predicted octanol–water partition coefficient (Wildman–Crippen LogP) is 3.83. The van der Waals surface area contributed by atoms with Gasteiger partial charge in [0.05, 0.1) is 4.58 Å². The van der Waals surface area contributed by atoms with Crippen molar-refractivity contribution >= 4 is 41.3 Å². The first-order valence-corrected chi connectivity index (χ1v) is 8.12. The number of hydrogen-bond acceptors (Lipinski definition) is 4. The number of benzene rings is 1. The van der Waals surface area contributed by atoms with E-state index in [4.69, 9.17) is 17.4 Å². The third kappa shape index (κ3) is 3.33. The lowest BCUT2D eigenvalue weighted by molar-refractivity contribution is 0.616. The monoisotopic (exact) mass is 304 g/mol. The van der Waals surface area contributed by atoms with Crippen LogP contribution in [0.5, 0.6) is 0 Å². The van der Waals surface area contributed by atoms with Crippen molar-refractivity contribution in [3.63, 3.8) is 0 Å². The number of hydrogen-bond donors (Lipinski definition) is 1. The van der Waals surface area contributed by atoms with Crippen LogP contribution in [0.2, 0.25) is 5.02 Å². The fourth-order valence-corrected chi connectivity index (χ4v) is 5.10. The molecule has 1 aromatic carbocycles. The van der Waals surface area contributed by atoms with Crippen LogP contribution >= 0.6 is 35.1 Å². The Morgan fingerprint density at radius 3 is 2.83 bits per heavy atom. The zero-order valence-electron chi connectivity index (χ0n) is 9.73. The van der Waals surface area contributed by atoms with Gasteiger partial charge >= 0.3 is 0 Å². The van der Waals surface area contributed by atoms with Crippen LogP contribution in [0.3, 0.4) is 0 Å². The van der Waals surface area contributed by atoms with Crippen LogP contribution in [0.15, 0.2) is 17.2 Å². The van der Waals surface area contributed by atoms with Crippen molar-refractivity contribution < 1.29 is 4.39 Å². The van der Waals surface area contributed by atoms with Gasteiger partial charge in [0.15, 0.2) is 0 Å². The number of thioether (sulfide) groups is 2. The normalized spacial score (nSPS) is 17.4. The maximum Gasteiger partial charge on any atom is 0.128 e. The molecule has 0 aliphatic carbocycles. The molecule has 0 bridgehead atoms. The third-order valence-electron chi connectivity index (χ3n) is 2.66.